The van der Waals surface area contributed by atoms with E-state index in [0.29, 0.717) is 22.5 Å². The average Bonchev–Trinajstić information content (AvgIpc) is 2.92. The Balaban J connectivity index is 1.95. The summed E-state index contributed by atoms with van der Waals surface area (Å²) in [6.07, 6.45) is 0. The molecule has 0 spiro atoms. The molecule has 4 rings (SSSR count). The molecule has 0 aliphatic carbocycles. The van der Waals surface area contributed by atoms with Gasteiger partial charge in [-0.3, -0.25) is 5.10 Å². The van der Waals surface area contributed by atoms with Crippen LogP contribution in [0, 0.1) is 12.7 Å². The number of aromatic amines is 1. The summed E-state index contributed by atoms with van der Waals surface area (Å²) in [5, 5.41) is 11.7. The number of benzene rings is 2. The Labute approximate surface area is 131 Å². The van der Waals surface area contributed by atoms with Crippen LogP contribution in [0.5, 0.6) is 0 Å². The molecule has 23 heavy (non-hydrogen) atoms. The Hall–Kier alpha value is -3.15. The van der Waals surface area contributed by atoms with Gasteiger partial charge in [-0.1, -0.05) is 17.7 Å². The van der Waals surface area contributed by atoms with Crippen LogP contribution in [0.15, 0.2) is 42.5 Å². The summed E-state index contributed by atoms with van der Waals surface area (Å²) in [5.41, 5.74) is 9.29. The quantitative estimate of drug-likeness (QED) is 0.525. The molecule has 2 aromatic carbocycles. The topological polar surface area (TPSA) is 79.6 Å². The lowest BCUT2D eigenvalue weighted by molar-refractivity contribution is 0.629. The van der Waals surface area contributed by atoms with Gasteiger partial charge in [0.25, 0.3) is 0 Å². The smallest absolute Gasteiger partial charge is 0.156 e. The number of halogens is 1. The van der Waals surface area contributed by atoms with Gasteiger partial charge in [0.15, 0.2) is 5.82 Å². The number of H-pyrrole nitrogens is 1. The third kappa shape index (κ3) is 2.24. The third-order valence-corrected chi connectivity index (χ3v) is 3.81. The maximum Gasteiger partial charge on any atom is 0.156 e. The fourth-order valence-corrected chi connectivity index (χ4v) is 2.64. The number of nitrogens with zero attached hydrogens (tertiary/aromatic N) is 2. The molecule has 0 bridgehead atoms. The van der Waals surface area contributed by atoms with Gasteiger partial charge in [0, 0.05) is 17.1 Å². The second-order valence-corrected chi connectivity index (χ2v) is 5.47. The number of hydrogen-bond acceptors (Lipinski definition) is 4. The van der Waals surface area contributed by atoms with Gasteiger partial charge in [0.1, 0.15) is 11.6 Å². The fraction of sp³-hybridized carbons (Fsp3) is 0.0588. The molecule has 4 N–H and O–H groups in total. The molecule has 5 nitrogen and oxygen atoms in total. The minimum atomic E-state index is -0.335. The van der Waals surface area contributed by atoms with Crippen LogP contribution in [0.4, 0.5) is 21.7 Å². The van der Waals surface area contributed by atoms with Crippen molar-refractivity contribution in [3.63, 3.8) is 0 Å². The number of fused-ring (bicyclic) bond motifs is 3. The normalized spacial score (nSPS) is 11.2. The molecule has 114 valence electrons. The lowest BCUT2D eigenvalue weighted by atomic mass is 10.1. The van der Waals surface area contributed by atoms with Crippen molar-refractivity contribution in [2.45, 2.75) is 6.92 Å². The monoisotopic (exact) mass is 307 g/mol. The third-order valence-electron chi connectivity index (χ3n) is 3.81. The lowest BCUT2D eigenvalue weighted by Crippen LogP contribution is -1.97. The van der Waals surface area contributed by atoms with Crippen LogP contribution >= 0.6 is 0 Å². The minimum Gasteiger partial charge on any atom is -0.382 e. The van der Waals surface area contributed by atoms with Gasteiger partial charge in [-0.05, 0) is 31.2 Å². The van der Waals surface area contributed by atoms with Crippen LogP contribution < -0.4 is 11.1 Å². The molecular formula is C17H14FN5. The van der Waals surface area contributed by atoms with E-state index in [1.165, 1.54) is 12.1 Å². The summed E-state index contributed by atoms with van der Waals surface area (Å²) >= 11 is 0. The molecule has 0 amide bonds. The van der Waals surface area contributed by atoms with E-state index in [4.69, 9.17) is 5.73 Å². The van der Waals surface area contributed by atoms with E-state index in [2.05, 4.69) is 20.5 Å². The first-order chi connectivity index (χ1) is 11.1. The van der Waals surface area contributed by atoms with Crippen LogP contribution in [0.2, 0.25) is 0 Å². The second kappa shape index (κ2) is 4.95. The Morgan fingerprint density at radius 3 is 2.70 bits per heavy atom. The molecule has 6 heteroatoms. The number of anilines is 3. The number of nitrogens with two attached hydrogens (primary N) is 1. The van der Waals surface area contributed by atoms with Crippen molar-refractivity contribution in [1.29, 1.82) is 0 Å². The fourth-order valence-electron chi connectivity index (χ4n) is 2.64. The van der Waals surface area contributed by atoms with Gasteiger partial charge < -0.3 is 11.1 Å². The van der Waals surface area contributed by atoms with E-state index in [1.807, 2.05) is 31.2 Å². The molecule has 0 aliphatic rings. The molecule has 2 aromatic heterocycles. The maximum atomic E-state index is 13.5. The lowest BCUT2D eigenvalue weighted by Gasteiger charge is -2.09. The van der Waals surface area contributed by atoms with Crippen molar-refractivity contribution in [2.24, 2.45) is 0 Å². The first-order valence-electron chi connectivity index (χ1n) is 7.18. The Morgan fingerprint density at radius 1 is 1.13 bits per heavy atom. The van der Waals surface area contributed by atoms with Gasteiger partial charge in [-0.25, -0.2) is 9.37 Å². The zero-order chi connectivity index (χ0) is 16.0. The molecule has 2 heterocycles. The van der Waals surface area contributed by atoms with Crippen molar-refractivity contribution in [2.75, 3.05) is 11.1 Å². The largest absolute Gasteiger partial charge is 0.382 e. The molecule has 0 fully saturated rings. The number of nitrogen functional groups attached to an aromatic ring is 1. The highest BCUT2D eigenvalue weighted by Crippen LogP contribution is 2.33. The van der Waals surface area contributed by atoms with E-state index < -0.39 is 0 Å². The van der Waals surface area contributed by atoms with Crippen LogP contribution in [-0.4, -0.2) is 15.2 Å². The van der Waals surface area contributed by atoms with Crippen LogP contribution in [0.1, 0.15) is 5.56 Å². The first kappa shape index (κ1) is 13.5. The molecule has 0 aliphatic heterocycles. The van der Waals surface area contributed by atoms with Crippen molar-refractivity contribution in [3.8, 4) is 0 Å². The summed E-state index contributed by atoms with van der Waals surface area (Å²) in [5.74, 6) is 0.569. The number of rotatable bonds is 2. The van der Waals surface area contributed by atoms with E-state index >= 15 is 0 Å². The molecule has 0 unspecified atom stereocenters. The Kier molecular flexibility index (Phi) is 2.90. The molecule has 0 atom stereocenters. The zero-order valence-corrected chi connectivity index (χ0v) is 12.4. The highest BCUT2D eigenvalue weighted by Gasteiger charge is 2.14. The summed E-state index contributed by atoms with van der Waals surface area (Å²) in [6, 6.07) is 12.4. The highest BCUT2D eigenvalue weighted by atomic mass is 19.1. The zero-order valence-electron chi connectivity index (χ0n) is 12.4. The van der Waals surface area contributed by atoms with Gasteiger partial charge in [-0.15, -0.1) is 0 Å². The predicted molar refractivity (Wildman–Crippen MR) is 90.2 cm³/mol. The summed E-state index contributed by atoms with van der Waals surface area (Å²) in [4.78, 5) is 4.52. The van der Waals surface area contributed by atoms with E-state index in [9.17, 15) is 4.39 Å². The Morgan fingerprint density at radius 2 is 1.91 bits per heavy atom. The van der Waals surface area contributed by atoms with Gasteiger partial charge >= 0.3 is 0 Å². The molecular weight excluding hydrogens is 293 g/mol. The number of aryl methyl sites for hydroxylation is 1. The van der Waals surface area contributed by atoms with E-state index in [0.717, 1.165) is 22.2 Å². The number of hydrogen-bond donors (Lipinski definition) is 3. The van der Waals surface area contributed by atoms with Crippen LogP contribution in [0.25, 0.3) is 21.8 Å². The van der Waals surface area contributed by atoms with Crippen molar-refractivity contribution in [3.05, 3.63) is 53.8 Å². The summed E-state index contributed by atoms with van der Waals surface area (Å²) in [7, 11) is 0. The van der Waals surface area contributed by atoms with Gasteiger partial charge in [-0.2, -0.15) is 5.10 Å². The highest BCUT2D eigenvalue weighted by molar-refractivity contribution is 6.12. The Bertz CT molecular complexity index is 1020. The predicted octanol–water partition coefficient (Wildman–Crippen LogP) is 3.88. The SMILES string of the molecule is Cc1ccc(Nc2nc3cc(F)ccc3c3[nH]nc(N)c23)cc1. The van der Waals surface area contributed by atoms with Crippen molar-refractivity contribution < 1.29 is 4.39 Å². The van der Waals surface area contributed by atoms with Crippen LogP contribution in [-0.2, 0) is 0 Å². The summed E-state index contributed by atoms with van der Waals surface area (Å²) in [6.45, 7) is 2.02. The standard InChI is InChI=1S/C17H14FN5/c1-9-2-5-11(6-3-9)20-17-14-15(22-23-16(14)19)12-7-4-10(18)8-13(12)21-17/h2-8H,1H3,(H,20,21)(H3,19,22,23). The van der Waals surface area contributed by atoms with Gasteiger partial charge in [0.05, 0.1) is 16.4 Å². The van der Waals surface area contributed by atoms with Crippen molar-refractivity contribution >= 4 is 39.1 Å². The molecule has 0 radical (unpaired) electrons. The van der Waals surface area contributed by atoms with Gasteiger partial charge in [0.2, 0.25) is 0 Å². The average molecular weight is 307 g/mol. The molecule has 0 saturated carbocycles. The van der Waals surface area contributed by atoms with Crippen LogP contribution in [0.3, 0.4) is 0 Å². The number of aromatic nitrogens is 3. The first-order valence-corrected chi connectivity index (χ1v) is 7.18. The summed E-state index contributed by atoms with van der Waals surface area (Å²) < 4.78 is 13.5. The minimum absolute atomic E-state index is 0.335. The number of nitrogens with one attached hydrogen (secondary N) is 2. The van der Waals surface area contributed by atoms with Crippen molar-refractivity contribution in [1.82, 2.24) is 15.2 Å². The van der Waals surface area contributed by atoms with E-state index in [1.54, 1.807) is 6.07 Å². The van der Waals surface area contributed by atoms with E-state index in [-0.39, 0.29) is 5.82 Å². The maximum absolute atomic E-state index is 13.5. The number of pyridine rings is 1. The molecule has 0 saturated heterocycles. The molecule has 4 aromatic rings. The second-order valence-electron chi connectivity index (χ2n) is 5.47.